The molecule has 0 saturated carbocycles. The number of hydrogen-bond donors (Lipinski definition) is 0. The van der Waals surface area contributed by atoms with Crippen molar-refractivity contribution >= 4 is 11.6 Å². The molecule has 0 aromatic heterocycles. The van der Waals surface area contributed by atoms with Gasteiger partial charge in [-0.1, -0.05) is 17.5 Å². The van der Waals surface area contributed by atoms with Crippen molar-refractivity contribution in [3.63, 3.8) is 0 Å². The van der Waals surface area contributed by atoms with Crippen molar-refractivity contribution in [3.05, 3.63) is 34.4 Å². The summed E-state index contributed by atoms with van der Waals surface area (Å²) in [4.78, 5) is 0. The molecular formula is C8H3ClF2. The van der Waals surface area contributed by atoms with Gasteiger partial charge in [0.1, 0.15) is 0 Å². The summed E-state index contributed by atoms with van der Waals surface area (Å²) in [6.07, 6.45) is 4.87. The Morgan fingerprint density at radius 2 is 1.91 bits per heavy atom. The normalized spacial score (nSPS) is 9.27. The van der Waals surface area contributed by atoms with Crippen molar-refractivity contribution < 1.29 is 8.78 Å². The molecule has 0 aliphatic rings. The van der Waals surface area contributed by atoms with Gasteiger partial charge in [0.2, 0.25) is 0 Å². The van der Waals surface area contributed by atoms with E-state index >= 15 is 0 Å². The molecule has 0 fully saturated rings. The Hall–Kier alpha value is -1.07. The maximum atomic E-state index is 12.7. The summed E-state index contributed by atoms with van der Waals surface area (Å²) in [6.45, 7) is 0. The van der Waals surface area contributed by atoms with Crippen molar-refractivity contribution in [3.8, 4) is 12.3 Å². The lowest BCUT2D eigenvalue weighted by Crippen LogP contribution is -1.89. The van der Waals surface area contributed by atoms with Gasteiger partial charge in [-0.25, -0.2) is 8.78 Å². The van der Waals surface area contributed by atoms with Gasteiger partial charge >= 0.3 is 0 Å². The summed E-state index contributed by atoms with van der Waals surface area (Å²) in [5.74, 6) is -0.175. The zero-order valence-electron chi connectivity index (χ0n) is 5.37. The van der Waals surface area contributed by atoms with E-state index in [1.165, 1.54) is 12.1 Å². The van der Waals surface area contributed by atoms with Gasteiger partial charge in [0.25, 0.3) is 0 Å². The minimum absolute atomic E-state index is 0.119. The number of rotatable bonds is 0. The first-order chi connectivity index (χ1) is 5.16. The Balaban J connectivity index is 3.40. The van der Waals surface area contributed by atoms with E-state index < -0.39 is 11.6 Å². The van der Waals surface area contributed by atoms with Gasteiger partial charge in [0, 0.05) is 0 Å². The molecule has 1 aromatic carbocycles. The molecule has 0 radical (unpaired) electrons. The molecule has 0 aliphatic carbocycles. The van der Waals surface area contributed by atoms with E-state index in [4.69, 9.17) is 18.0 Å². The SMILES string of the molecule is C#Cc1ccc(Cl)c(F)c1F. The number of benzene rings is 1. The molecule has 56 valence electrons. The first kappa shape index (κ1) is 8.03. The third-order valence-electron chi connectivity index (χ3n) is 1.19. The van der Waals surface area contributed by atoms with Crippen LogP contribution in [-0.2, 0) is 0 Å². The molecule has 0 N–H and O–H groups in total. The highest BCUT2D eigenvalue weighted by Gasteiger charge is 2.09. The second kappa shape index (κ2) is 2.89. The molecule has 0 nitrogen and oxygen atoms in total. The molecule has 1 rings (SSSR count). The molecule has 3 heteroatoms. The molecule has 0 spiro atoms. The second-order valence-electron chi connectivity index (χ2n) is 1.87. The highest BCUT2D eigenvalue weighted by molar-refractivity contribution is 6.30. The quantitative estimate of drug-likeness (QED) is 0.417. The van der Waals surface area contributed by atoms with E-state index in [1.54, 1.807) is 0 Å². The number of halogens is 3. The largest absolute Gasteiger partial charge is 0.202 e. The van der Waals surface area contributed by atoms with Gasteiger partial charge in [0.15, 0.2) is 11.6 Å². The van der Waals surface area contributed by atoms with Crippen LogP contribution in [0, 0.1) is 24.0 Å². The third kappa shape index (κ3) is 1.33. The highest BCUT2D eigenvalue weighted by Crippen LogP contribution is 2.19. The first-order valence-corrected chi connectivity index (χ1v) is 3.14. The van der Waals surface area contributed by atoms with Crippen molar-refractivity contribution in [1.82, 2.24) is 0 Å². The van der Waals surface area contributed by atoms with Crippen molar-refractivity contribution in [2.75, 3.05) is 0 Å². The van der Waals surface area contributed by atoms with E-state index in [-0.39, 0.29) is 10.6 Å². The van der Waals surface area contributed by atoms with Crippen LogP contribution in [-0.4, -0.2) is 0 Å². The maximum Gasteiger partial charge on any atom is 0.178 e. The monoisotopic (exact) mass is 172 g/mol. The van der Waals surface area contributed by atoms with Crippen LogP contribution in [0.15, 0.2) is 12.1 Å². The summed E-state index contributed by atoms with van der Waals surface area (Å²) in [6, 6.07) is 2.47. The van der Waals surface area contributed by atoms with Crippen molar-refractivity contribution in [1.29, 1.82) is 0 Å². The molecule has 0 bridgehead atoms. The molecule has 0 amide bonds. The van der Waals surface area contributed by atoms with Gasteiger partial charge in [-0.15, -0.1) is 6.42 Å². The van der Waals surface area contributed by atoms with Gasteiger partial charge in [-0.05, 0) is 12.1 Å². The van der Waals surface area contributed by atoms with Crippen LogP contribution in [0.5, 0.6) is 0 Å². The Bertz CT molecular complexity index is 326. The van der Waals surface area contributed by atoms with E-state index in [0.29, 0.717) is 0 Å². The minimum Gasteiger partial charge on any atom is -0.202 e. The Morgan fingerprint density at radius 1 is 1.27 bits per heavy atom. The van der Waals surface area contributed by atoms with Crippen molar-refractivity contribution in [2.24, 2.45) is 0 Å². The second-order valence-corrected chi connectivity index (χ2v) is 2.27. The van der Waals surface area contributed by atoms with Gasteiger partial charge in [-0.2, -0.15) is 0 Å². The van der Waals surface area contributed by atoms with E-state index in [1.807, 2.05) is 5.92 Å². The summed E-state index contributed by atoms with van der Waals surface area (Å²) in [5, 5.41) is -0.262. The predicted octanol–water partition coefficient (Wildman–Crippen LogP) is 2.60. The molecule has 0 aliphatic heterocycles. The lowest BCUT2D eigenvalue weighted by Gasteiger charge is -1.96. The zero-order valence-corrected chi connectivity index (χ0v) is 6.12. The zero-order chi connectivity index (χ0) is 8.43. The fraction of sp³-hybridized carbons (Fsp3) is 0. The molecular weight excluding hydrogens is 170 g/mol. The Kier molecular flexibility index (Phi) is 2.11. The Labute approximate surface area is 67.8 Å². The topological polar surface area (TPSA) is 0 Å². The van der Waals surface area contributed by atoms with Crippen molar-refractivity contribution in [2.45, 2.75) is 0 Å². The molecule has 0 unspecified atom stereocenters. The van der Waals surface area contributed by atoms with E-state index in [9.17, 15) is 8.78 Å². The smallest absolute Gasteiger partial charge is 0.178 e. The van der Waals surface area contributed by atoms with Crippen LogP contribution in [0.25, 0.3) is 0 Å². The fourth-order valence-corrected chi connectivity index (χ4v) is 0.783. The van der Waals surface area contributed by atoms with Crippen LogP contribution in [0.2, 0.25) is 5.02 Å². The standard InChI is InChI=1S/C8H3ClF2/c1-2-5-3-4-6(9)8(11)7(5)10/h1,3-4H. The number of hydrogen-bond acceptors (Lipinski definition) is 0. The summed E-state index contributed by atoms with van der Waals surface area (Å²) >= 11 is 5.26. The minimum atomic E-state index is -1.10. The number of terminal acetylenes is 1. The van der Waals surface area contributed by atoms with E-state index in [0.717, 1.165) is 0 Å². The molecule has 0 saturated heterocycles. The fourth-order valence-electron chi connectivity index (χ4n) is 0.637. The van der Waals surface area contributed by atoms with Crippen LogP contribution in [0.3, 0.4) is 0 Å². The summed E-state index contributed by atoms with van der Waals surface area (Å²) in [7, 11) is 0. The van der Waals surface area contributed by atoms with Gasteiger partial charge < -0.3 is 0 Å². The Morgan fingerprint density at radius 3 is 2.45 bits per heavy atom. The molecule has 0 atom stereocenters. The third-order valence-corrected chi connectivity index (χ3v) is 1.48. The van der Waals surface area contributed by atoms with Crippen LogP contribution >= 0.6 is 11.6 Å². The summed E-state index contributed by atoms with van der Waals surface area (Å²) in [5.41, 5.74) is -0.119. The van der Waals surface area contributed by atoms with Crippen LogP contribution in [0.1, 0.15) is 5.56 Å². The average molecular weight is 173 g/mol. The maximum absolute atomic E-state index is 12.7. The molecule has 0 heterocycles. The van der Waals surface area contributed by atoms with Crippen LogP contribution < -0.4 is 0 Å². The summed E-state index contributed by atoms with van der Waals surface area (Å²) < 4.78 is 25.2. The first-order valence-electron chi connectivity index (χ1n) is 2.77. The lowest BCUT2D eigenvalue weighted by molar-refractivity contribution is 0.507. The molecule has 11 heavy (non-hydrogen) atoms. The van der Waals surface area contributed by atoms with Crippen LogP contribution in [0.4, 0.5) is 8.78 Å². The highest BCUT2D eigenvalue weighted by atomic mass is 35.5. The lowest BCUT2D eigenvalue weighted by atomic mass is 10.2. The van der Waals surface area contributed by atoms with E-state index in [2.05, 4.69) is 0 Å². The predicted molar refractivity (Wildman–Crippen MR) is 39.3 cm³/mol. The average Bonchev–Trinajstić information content (AvgIpc) is 2.01. The van der Waals surface area contributed by atoms with Gasteiger partial charge in [0.05, 0.1) is 10.6 Å². The van der Waals surface area contributed by atoms with Gasteiger partial charge in [-0.3, -0.25) is 0 Å². The molecule has 1 aromatic rings.